The zero-order chi connectivity index (χ0) is 18.3. The van der Waals surface area contributed by atoms with E-state index in [1.165, 1.54) is 0 Å². The lowest BCUT2D eigenvalue weighted by Gasteiger charge is -2.07. The maximum Gasteiger partial charge on any atom is 0.251 e. The molecule has 0 saturated heterocycles. The molecule has 26 heavy (non-hydrogen) atoms. The molecule has 1 N–H and O–H groups in total. The van der Waals surface area contributed by atoms with Gasteiger partial charge in [0.05, 0.1) is 22.4 Å². The van der Waals surface area contributed by atoms with Crippen LogP contribution in [0, 0.1) is 20.8 Å². The normalized spacial score (nSPS) is 11.2. The van der Waals surface area contributed by atoms with Gasteiger partial charge in [0.1, 0.15) is 5.52 Å². The minimum Gasteiger partial charge on any atom is -0.441 e. The molecule has 0 aliphatic carbocycles. The number of carbonyl (C=O) groups is 1. The molecule has 6 heteroatoms. The molecule has 0 atom stereocenters. The summed E-state index contributed by atoms with van der Waals surface area (Å²) in [6, 6.07) is 11.1. The molecule has 2 aromatic heterocycles. The van der Waals surface area contributed by atoms with E-state index in [0.717, 1.165) is 39.1 Å². The van der Waals surface area contributed by atoms with Crippen molar-refractivity contribution in [1.82, 2.24) is 20.3 Å². The number of aromatic nitrogens is 3. The number of benzene rings is 2. The Morgan fingerprint density at radius 2 is 1.69 bits per heavy atom. The molecule has 2 aromatic carbocycles. The van der Waals surface area contributed by atoms with Crippen LogP contribution in [-0.2, 0) is 6.54 Å². The van der Waals surface area contributed by atoms with Gasteiger partial charge in [-0.2, -0.15) is 0 Å². The topological polar surface area (TPSA) is 80.9 Å². The van der Waals surface area contributed by atoms with Crippen molar-refractivity contribution in [3.63, 3.8) is 0 Å². The maximum atomic E-state index is 12.5. The van der Waals surface area contributed by atoms with Gasteiger partial charge in [-0.05, 0) is 49.7 Å². The fourth-order valence-electron chi connectivity index (χ4n) is 2.85. The van der Waals surface area contributed by atoms with E-state index in [1.807, 2.05) is 45.0 Å². The summed E-state index contributed by atoms with van der Waals surface area (Å²) in [5, 5.41) is 2.93. The van der Waals surface area contributed by atoms with Gasteiger partial charge in [-0.3, -0.25) is 4.79 Å². The number of hydrogen-bond acceptors (Lipinski definition) is 5. The third-order valence-corrected chi connectivity index (χ3v) is 4.35. The third kappa shape index (κ3) is 3.01. The van der Waals surface area contributed by atoms with Crippen LogP contribution < -0.4 is 5.32 Å². The van der Waals surface area contributed by atoms with Crippen LogP contribution in [0.3, 0.4) is 0 Å². The van der Waals surface area contributed by atoms with E-state index < -0.39 is 0 Å². The largest absolute Gasteiger partial charge is 0.441 e. The predicted molar refractivity (Wildman–Crippen MR) is 98.9 cm³/mol. The molecule has 1 amide bonds. The number of hydrogen-bond donors (Lipinski definition) is 1. The lowest BCUT2D eigenvalue weighted by Crippen LogP contribution is -2.22. The van der Waals surface area contributed by atoms with Crippen LogP contribution in [0.15, 0.2) is 40.8 Å². The molecule has 130 valence electrons. The number of oxazole rings is 1. The van der Waals surface area contributed by atoms with E-state index in [9.17, 15) is 4.79 Å². The Bertz CT molecular complexity index is 1150. The molecule has 0 saturated carbocycles. The molecule has 6 nitrogen and oxygen atoms in total. The van der Waals surface area contributed by atoms with Gasteiger partial charge in [0.25, 0.3) is 5.91 Å². The van der Waals surface area contributed by atoms with Gasteiger partial charge in [0.2, 0.25) is 0 Å². The van der Waals surface area contributed by atoms with Crippen LogP contribution in [0.1, 0.15) is 33.2 Å². The minimum absolute atomic E-state index is 0.150. The van der Waals surface area contributed by atoms with Crippen molar-refractivity contribution >= 4 is 28.0 Å². The summed E-state index contributed by atoms with van der Waals surface area (Å²) in [6.45, 7) is 6.07. The summed E-state index contributed by atoms with van der Waals surface area (Å²) in [6.07, 6.45) is 0. The van der Waals surface area contributed by atoms with Gasteiger partial charge < -0.3 is 9.73 Å². The molecule has 0 aliphatic heterocycles. The fourth-order valence-corrected chi connectivity index (χ4v) is 2.85. The van der Waals surface area contributed by atoms with Crippen molar-refractivity contribution in [3.05, 3.63) is 64.8 Å². The fraction of sp³-hybridized carbons (Fsp3) is 0.200. The molecule has 0 bridgehead atoms. The summed E-state index contributed by atoms with van der Waals surface area (Å²) in [5.41, 5.74) is 6.34. The summed E-state index contributed by atoms with van der Waals surface area (Å²) in [7, 11) is 0. The van der Waals surface area contributed by atoms with E-state index in [4.69, 9.17) is 4.42 Å². The quantitative estimate of drug-likeness (QED) is 0.613. The summed E-state index contributed by atoms with van der Waals surface area (Å²) < 4.78 is 5.47. The zero-order valence-electron chi connectivity index (χ0n) is 14.8. The van der Waals surface area contributed by atoms with Crippen molar-refractivity contribution < 1.29 is 9.21 Å². The highest BCUT2D eigenvalue weighted by atomic mass is 16.3. The average Bonchev–Trinajstić information content (AvgIpc) is 2.99. The van der Waals surface area contributed by atoms with Crippen LogP contribution in [0.25, 0.3) is 22.1 Å². The second-order valence-electron chi connectivity index (χ2n) is 6.32. The minimum atomic E-state index is -0.150. The first-order valence-electron chi connectivity index (χ1n) is 8.39. The number of aryl methyl sites for hydroxylation is 3. The first-order chi connectivity index (χ1) is 12.5. The Hall–Kier alpha value is -3.28. The molecule has 0 spiro atoms. The van der Waals surface area contributed by atoms with Crippen LogP contribution in [0.5, 0.6) is 0 Å². The Balaban J connectivity index is 1.53. The highest BCUT2D eigenvalue weighted by Crippen LogP contribution is 2.17. The van der Waals surface area contributed by atoms with Crippen molar-refractivity contribution in [2.75, 3.05) is 0 Å². The molecular formula is C20H18N4O2. The number of rotatable bonds is 3. The predicted octanol–water partition coefficient (Wildman–Crippen LogP) is 3.63. The Kier molecular flexibility index (Phi) is 3.88. The van der Waals surface area contributed by atoms with Crippen molar-refractivity contribution in [3.8, 4) is 0 Å². The smallest absolute Gasteiger partial charge is 0.251 e. The lowest BCUT2D eigenvalue weighted by atomic mass is 10.1. The van der Waals surface area contributed by atoms with E-state index >= 15 is 0 Å². The van der Waals surface area contributed by atoms with Gasteiger partial charge in [0, 0.05) is 19.0 Å². The zero-order valence-corrected chi connectivity index (χ0v) is 14.8. The Morgan fingerprint density at radius 3 is 2.50 bits per heavy atom. The van der Waals surface area contributed by atoms with Crippen molar-refractivity contribution in [1.29, 1.82) is 0 Å². The first-order valence-corrected chi connectivity index (χ1v) is 8.39. The molecule has 4 aromatic rings. The molecule has 4 rings (SSSR count). The van der Waals surface area contributed by atoms with Crippen LogP contribution in [0.2, 0.25) is 0 Å². The Morgan fingerprint density at radius 1 is 0.923 bits per heavy atom. The summed E-state index contributed by atoms with van der Waals surface area (Å²) >= 11 is 0. The van der Waals surface area contributed by atoms with E-state index in [-0.39, 0.29) is 5.91 Å². The summed E-state index contributed by atoms with van der Waals surface area (Å²) in [4.78, 5) is 25.8. The number of fused-ring (bicyclic) bond motifs is 2. The summed E-state index contributed by atoms with van der Waals surface area (Å²) in [5.74, 6) is 0.479. The first kappa shape index (κ1) is 16.2. The van der Waals surface area contributed by atoms with Gasteiger partial charge >= 0.3 is 0 Å². The van der Waals surface area contributed by atoms with Gasteiger partial charge in [-0.15, -0.1) is 0 Å². The second kappa shape index (κ2) is 6.22. The van der Waals surface area contributed by atoms with Gasteiger partial charge in [0.15, 0.2) is 11.5 Å². The molecule has 0 aliphatic rings. The van der Waals surface area contributed by atoms with Crippen LogP contribution in [-0.4, -0.2) is 20.9 Å². The van der Waals surface area contributed by atoms with E-state index in [0.29, 0.717) is 18.0 Å². The standard InChI is InChI=1S/C20H18N4O2/c1-11-12(2)23-17-9-15(5-6-16(17)22-11)20(25)21-10-14-4-7-19-18(8-14)24-13(3)26-19/h4-9H,10H2,1-3H3,(H,21,25). The molecule has 0 radical (unpaired) electrons. The molecule has 0 unspecified atom stereocenters. The third-order valence-electron chi connectivity index (χ3n) is 4.35. The number of amides is 1. The van der Waals surface area contributed by atoms with Crippen LogP contribution >= 0.6 is 0 Å². The molecule has 2 heterocycles. The lowest BCUT2D eigenvalue weighted by molar-refractivity contribution is 0.0951. The van der Waals surface area contributed by atoms with E-state index in [1.54, 1.807) is 12.1 Å². The van der Waals surface area contributed by atoms with Crippen LogP contribution in [0.4, 0.5) is 0 Å². The second-order valence-corrected chi connectivity index (χ2v) is 6.32. The molecular weight excluding hydrogens is 328 g/mol. The monoisotopic (exact) mass is 346 g/mol. The van der Waals surface area contributed by atoms with Gasteiger partial charge in [-0.1, -0.05) is 6.07 Å². The maximum absolute atomic E-state index is 12.5. The Labute approximate surface area is 150 Å². The SMILES string of the molecule is Cc1nc2cc(CNC(=O)c3ccc4nc(C)c(C)nc4c3)ccc2o1. The highest BCUT2D eigenvalue weighted by Gasteiger charge is 2.09. The number of nitrogens with one attached hydrogen (secondary N) is 1. The number of nitrogens with zero attached hydrogens (tertiary/aromatic N) is 3. The number of carbonyl (C=O) groups excluding carboxylic acids is 1. The van der Waals surface area contributed by atoms with Crippen molar-refractivity contribution in [2.45, 2.75) is 27.3 Å². The van der Waals surface area contributed by atoms with Gasteiger partial charge in [-0.25, -0.2) is 15.0 Å². The molecule has 0 fully saturated rings. The van der Waals surface area contributed by atoms with E-state index in [2.05, 4.69) is 20.3 Å². The van der Waals surface area contributed by atoms with Crippen molar-refractivity contribution in [2.24, 2.45) is 0 Å². The average molecular weight is 346 g/mol. The highest BCUT2D eigenvalue weighted by molar-refractivity contribution is 5.97.